The summed E-state index contributed by atoms with van der Waals surface area (Å²) in [5, 5.41) is 0. The van der Waals surface area contributed by atoms with Gasteiger partial charge in [-0.25, -0.2) is 0 Å². The highest BCUT2D eigenvalue weighted by molar-refractivity contribution is 5.35. The highest BCUT2D eigenvalue weighted by Gasteiger charge is 2.10. The minimum absolute atomic E-state index is 1.06. The minimum atomic E-state index is 1.06. The standard InChI is InChI=1S/C12H17N/c1-13(2)9-10-6-7-11-4-3-5-12(11)8-10/h6-8H,3-5,9H2,1-2H3. The van der Waals surface area contributed by atoms with E-state index < -0.39 is 0 Å². The molecule has 0 radical (unpaired) electrons. The van der Waals surface area contributed by atoms with Crippen LogP contribution in [0.4, 0.5) is 0 Å². The van der Waals surface area contributed by atoms with Crippen molar-refractivity contribution in [3.63, 3.8) is 0 Å². The van der Waals surface area contributed by atoms with E-state index in [4.69, 9.17) is 0 Å². The van der Waals surface area contributed by atoms with Crippen LogP contribution in [-0.2, 0) is 19.4 Å². The Morgan fingerprint density at radius 2 is 1.92 bits per heavy atom. The van der Waals surface area contributed by atoms with E-state index in [1.54, 1.807) is 11.1 Å². The lowest BCUT2D eigenvalue weighted by Gasteiger charge is -2.10. The number of rotatable bonds is 2. The van der Waals surface area contributed by atoms with Crippen LogP contribution in [0, 0.1) is 0 Å². The Labute approximate surface area is 80.4 Å². The SMILES string of the molecule is CN(C)Cc1ccc2c(c1)CCC2. The summed E-state index contributed by atoms with van der Waals surface area (Å²) >= 11 is 0. The third-order valence-corrected chi connectivity index (χ3v) is 2.66. The molecule has 0 saturated heterocycles. The molecule has 70 valence electrons. The van der Waals surface area contributed by atoms with Gasteiger partial charge in [0.25, 0.3) is 0 Å². The van der Waals surface area contributed by atoms with Crippen molar-refractivity contribution in [1.29, 1.82) is 0 Å². The summed E-state index contributed by atoms with van der Waals surface area (Å²) in [6, 6.07) is 6.95. The van der Waals surface area contributed by atoms with Crippen LogP contribution >= 0.6 is 0 Å². The summed E-state index contributed by atoms with van der Waals surface area (Å²) in [5.74, 6) is 0. The lowest BCUT2D eigenvalue weighted by atomic mass is 10.1. The van der Waals surface area contributed by atoms with Crippen LogP contribution in [0.2, 0.25) is 0 Å². The third-order valence-electron chi connectivity index (χ3n) is 2.66. The van der Waals surface area contributed by atoms with Crippen molar-refractivity contribution in [3.8, 4) is 0 Å². The second kappa shape index (κ2) is 3.51. The molecule has 2 rings (SSSR count). The number of aryl methyl sites for hydroxylation is 2. The molecule has 0 bridgehead atoms. The zero-order valence-electron chi connectivity index (χ0n) is 8.51. The zero-order valence-corrected chi connectivity index (χ0v) is 8.51. The molecule has 1 nitrogen and oxygen atoms in total. The third kappa shape index (κ3) is 1.92. The zero-order chi connectivity index (χ0) is 9.26. The van der Waals surface area contributed by atoms with E-state index in [0.29, 0.717) is 0 Å². The number of nitrogens with zero attached hydrogens (tertiary/aromatic N) is 1. The van der Waals surface area contributed by atoms with Gasteiger partial charge in [0.15, 0.2) is 0 Å². The van der Waals surface area contributed by atoms with Crippen molar-refractivity contribution >= 4 is 0 Å². The first-order valence-corrected chi connectivity index (χ1v) is 5.01. The predicted molar refractivity (Wildman–Crippen MR) is 55.9 cm³/mol. The van der Waals surface area contributed by atoms with E-state index in [1.165, 1.54) is 24.8 Å². The molecule has 0 amide bonds. The molecule has 0 N–H and O–H groups in total. The van der Waals surface area contributed by atoms with Crippen molar-refractivity contribution < 1.29 is 0 Å². The lowest BCUT2D eigenvalue weighted by molar-refractivity contribution is 0.402. The van der Waals surface area contributed by atoms with Crippen LogP contribution in [0.25, 0.3) is 0 Å². The summed E-state index contributed by atoms with van der Waals surface area (Å²) < 4.78 is 0. The van der Waals surface area contributed by atoms with Crippen LogP contribution in [0.3, 0.4) is 0 Å². The average Bonchev–Trinajstić information content (AvgIpc) is 2.49. The fraction of sp³-hybridized carbons (Fsp3) is 0.500. The van der Waals surface area contributed by atoms with Crippen LogP contribution in [0.1, 0.15) is 23.1 Å². The van der Waals surface area contributed by atoms with Crippen LogP contribution in [0.5, 0.6) is 0 Å². The first-order valence-electron chi connectivity index (χ1n) is 5.01. The molecule has 13 heavy (non-hydrogen) atoms. The largest absolute Gasteiger partial charge is 0.305 e. The Kier molecular flexibility index (Phi) is 2.36. The van der Waals surface area contributed by atoms with Crippen LogP contribution in [0.15, 0.2) is 18.2 Å². The Hall–Kier alpha value is -0.820. The molecular weight excluding hydrogens is 158 g/mol. The molecule has 0 spiro atoms. The first kappa shape index (κ1) is 8.76. The fourth-order valence-corrected chi connectivity index (χ4v) is 2.09. The summed E-state index contributed by atoms with van der Waals surface area (Å²) in [6.07, 6.45) is 3.93. The van der Waals surface area contributed by atoms with Gasteiger partial charge < -0.3 is 4.90 Å². The van der Waals surface area contributed by atoms with Crippen molar-refractivity contribution in [1.82, 2.24) is 4.90 Å². The van der Waals surface area contributed by atoms with E-state index >= 15 is 0 Å². The number of fused-ring (bicyclic) bond motifs is 1. The maximum atomic E-state index is 2.38. The summed E-state index contributed by atoms with van der Waals surface area (Å²) in [5.41, 5.74) is 4.60. The van der Waals surface area contributed by atoms with E-state index in [0.717, 1.165) is 6.54 Å². The summed E-state index contributed by atoms with van der Waals surface area (Å²) in [6.45, 7) is 1.06. The van der Waals surface area contributed by atoms with Gasteiger partial charge in [0.05, 0.1) is 0 Å². The van der Waals surface area contributed by atoms with Crippen molar-refractivity contribution in [3.05, 3.63) is 34.9 Å². The average molecular weight is 175 g/mol. The Morgan fingerprint density at radius 1 is 1.15 bits per heavy atom. The maximum absolute atomic E-state index is 2.38. The molecule has 1 aromatic carbocycles. The topological polar surface area (TPSA) is 3.24 Å². The number of benzene rings is 1. The predicted octanol–water partition coefficient (Wildman–Crippen LogP) is 2.24. The van der Waals surface area contributed by atoms with Gasteiger partial charge in [0.2, 0.25) is 0 Å². The second-order valence-electron chi connectivity index (χ2n) is 4.19. The minimum Gasteiger partial charge on any atom is -0.305 e. The first-order chi connectivity index (χ1) is 6.25. The Morgan fingerprint density at radius 3 is 2.69 bits per heavy atom. The van der Waals surface area contributed by atoms with E-state index in [2.05, 4.69) is 37.2 Å². The van der Waals surface area contributed by atoms with Crippen molar-refractivity contribution in [2.24, 2.45) is 0 Å². The molecule has 0 heterocycles. The molecule has 1 heteroatoms. The molecule has 1 aliphatic carbocycles. The van der Waals surface area contributed by atoms with Gasteiger partial charge in [-0.05, 0) is 50.0 Å². The molecule has 0 aliphatic heterocycles. The van der Waals surface area contributed by atoms with Crippen LogP contribution < -0.4 is 0 Å². The smallest absolute Gasteiger partial charge is 0.0227 e. The highest BCUT2D eigenvalue weighted by Crippen LogP contribution is 2.22. The normalized spacial score (nSPS) is 15.0. The Bertz CT molecular complexity index is 302. The van der Waals surface area contributed by atoms with Crippen molar-refractivity contribution in [2.75, 3.05) is 14.1 Å². The van der Waals surface area contributed by atoms with Gasteiger partial charge in [-0.2, -0.15) is 0 Å². The fourth-order valence-electron chi connectivity index (χ4n) is 2.09. The quantitative estimate of drug-likeness (QED) is 0.666. The highest BCUT2D eigenvalue weighted by atomic mass is 15.0. The maximum Gasteiger partial charge on any atom is 0.0227 e. The molecular formula is C12H17N. The number of hydrogen-bond acceptors (Lipinski definition) is 1. The molecule has 0 unspecified atom stereocenters. The molecule has 1 aliphatic rings. The van der Waals surface area contributed by atoms with Gasteiger partial charge >= 0.3 is 0 Å². The summed E-state index contributed by atoms with van der Waals surface area (Å²) in [4.78, 5) is 2.22. The van der Waals surface area contributed by atoms with Gasteiger partial charge in [0.1, 0.15) is 0 Å². The lowest BCUT2D eigenvalue weighted by Crippen LogP contribution is -2.10. The molecule has 1 aromatic rings. The van der Waals surface area contributed by atoms with E-state index in [-0.39, 0.29) is 0 Å². The van der Waals surface area contributed by atoms with Gasteiger partial charge in [0, 0.05) is 6.54 Å². The van der Waals surface area contributed by atoms with Gasteiger partial charge in [-0.3, -0.25) is 0 Å². The van der Waals surface area contributed by atoms with Gasteiger partial charge in [-0.1, -0.05) is 18.2 Å². The molecule has 0 saturated carbocycles. The van der Waals surface area contributed by atoms with Crippen molar-refractivity contribution in [2.45, 2.75) is 25.8 Å². The van der Waals surface area contributed by atoms with E-state index in [1.807, 2.05) is 0 Å². The molecule has 0 aromatic heterocycles. The monoisotopic (exact) mass is 175 g/mol. The van der Waals surface area contributed by atoms with Gasteiger partial charge in [-0.15, -0.1) is 0 Å². The van der Waals surface area contributed by atoms with E-state index in [9.17, 15) is 0 Å². The molecule has 0 atom stereocenters. The molecule has 0 fully saturated rings. The Balaban J connectivity index is 2.21. The number of hydrogen-bond donors (Lipinski definition) is 0. The van der Waals surface area contributed by atoms with Crippen LogP contribution in [-0.4, -0.2) is 19.0 Å². The second-order valence-corrected chi connectivity index (χ2v) is 4.19. The summed E-state index contributed by atoms with van der Waals surface area (Å²) in [7, 11) is 4.24.